The van der Waals surface area contributed by atoms with Crippen LogP contribution in [0.5, 0.6) is 0 Å². The number of fused-ring (bicyclic) bond motifs is 3. The van der Waals surface area contributed by atoms with E-state index in [1.165, 1.54) is 30.4 Å². The molecule has 1 aliphatic carbocycles. The second kappa shape index (κ2) is 9.73. The van der Waals surface area contributed by atoms with Crippen molar-refractivity contribution in [2.24, 2.45) is 0 Å². The van der Waals surface area contributed by atoms with E-state index >= 15 is 0 Å². The molecule has 40 heavy (non-hydrogen) atoms. The molecular formula is C31H34N6O2S. The van der Waals surface area contributed by atoms with Gasteiger partial charge >= 0.3 is 6.09 Å². The molecule has 9 heteroatoms. The van der Waals surface area contributed by atoms with Crippen LogP contribution in [0.25, 0.3) is 42.9 Å². The smallest absolute Gasteiger partial charge is 0.410 e. The Morgan fingerprint density at radius 1 is 0.975 bits per heavy atom. The van der Waals surface area contributed by atoms with Gasteiger partial charge in [-0.05, 0) is 64.0 Å². The zero-order valence-electron chi connectivity index (χ0n) is 23.2. The van der Waals surface area contributed by atoms with Gasteiger partial charge in [0.05, 0.1) is 40.0 Å². The quantitative estimate of drug-likeness (QED) is 0.235. The van der Waals surface area contributed by atoms with Crippen LogP contribution in [-0.4, -0.2) is 48.1 Å². The normalized spacial score (nSPS) is 18.4. The average Bonchev–Trinajstić information content (AvgIpc) is 3.75. The SMILES string of the molecule is CC(C)(C)OC(=O)N1CCC[C@H]1c1ncc(-c2ccc3c(ccc4sc(-c5cnc(C6CCCC6)[nH]5)nc43)c2)[nH]1. The lowest BCUT2D eigenvalue weighted by Crippen LogP contribution is -2.36. The number of amides is 1. The molecule has 0 bridgehead atoms. The van der Waals surface area contributed by atoms with Crippen molar-refractivity contribution in [2.75, 3.05) is 6.54 Å². The largest absolute Gasteiger partial charge is 0.444 e. The van der Waals surface area contributed by atoms with Gasteiger partial charge in [0, 0.05) is 23.4 Å². The number of likely N-dealkylation sites (tertiary alicyclic amines) is 1. The topological polar surface area (TPSA) is 99.8 Å². The number of carbonyl (C=O) groups excluding carboxylic acids is 1. The Morgan fingerprint density at radius 2 is 1.75 bits per heavy atom. The van der Waals surface area contributed by atoms with Gasteiger partial charge in [-0.15, -0.1) is 11.3 Å². The third-order valence-electron chi connectivity index (χ3n) is 8.04. The van der Waals surface area contributed by atoms with Gasteiger partial charge in [0.2, 0.25) is 0 Å². The molecule has 0 radical (unpaired) electrons. The fourth-order valence-corrected chi connectivity index (χ4v) is 7.04. The van der Waals surface area contributed by atoms with Crippen LogP contribution in [0.15, 0.2) is 42.7 Å². The first-order chi connectivity index (χ1) is 19.3. The number of aromatic amines is 2. The van der Waals surface area contributed by atoms with Gasteiger partial charge in [-0.3, -0.25) is 4.90 Å². The minimum atomic E-state index is -0.524. The van der Waals surface area contributed by atoms with E-state index < -0.39 is 5.60 Å². The molecule has 8 nitrogen and oxygen atoms in total. The summed E-state index contributed by atoms with van der Waals surface area (Å²) >= 11 is 1.70. The fraction of sp³-hybridized carbons (Fsp3) is 0.419. The minimum Gasteiger partial charge on any atom is -0.444 e. The maximum absolute atomic E-state index is 12.8. The summed E-state index contributed by atoms with van der Waals surface area (Å²) in [6.07, 6.45) is 10.4. The van der Waals surface area contributed by atoms with E-state index in [0.717, 1.165) is 62.7 Å². The predicted molar refractivity (Wildman–Crippen MR) is 158 cm³/mol. The van der Waals surface area contributed by atoms with E-state index in [-0.39, 0.29) is 12.1 Å². The molecule has 1 atom stereocenters. The molecule has 5 aromatic rings. The molecule has 1 aliphatic heterocycles. The molecule has 1 saturated heterocycles. The lowest BCUT2D eigenvalue weighted by molar-refractivity contribution is 0.0218. The number of carbonyl (C=O) groups is 1. The highest BCUT2D eigenvalue weighted by atomic mass is 32.1. The van der Waals surface area contributed by atoms with Crippen LogP contribution < -0.4 is 0 Å². The molecule has 3 aromatic heterocycles. The molecular weight excluding hydrogens is 520 g/mol. The number of aromatic nitrogens is 5. The van der Waals surface area contributed by atoms with Crippen molar-refractivity contribution in [1.82, 2.24) is 29.8 Å². The molecule has 206 valence electrons. The molecule has 2 N–H and O–H groups in total. The lowest BCUT2D eigenvalue weighted by atomic mass is 10.0. The molecule has 7 rings (SSSR count). The average molecular weight is 555 g/mol. The van der Waals surface area contributed by atoms with Crippen LogP contribution in [0.4, 0.5) is 4.79 Å². The summed E-state index contributed by atoms with van der Waals surface area (Å²) in [4.78, 5) is 36.0. The summed E-state index contributed by atoms with van der Waals surface area (Å²) in [6.45, 7) is 6.36. The van der Waals surface area contributed by atoms with Gasteiger partial charge in [0.1, 0.15) is 22.3 Å². The van der Waals surface area contributed by atoms with E-state index in [2.05, 4.69) is 50.3 Å². The van der Waals surface area contributed by atoms with Crippen LogP contribution >= 0.6 is 11.3 Å². The van der Waals surface area contributed by atoms with E-state index in [1.54, 1.807) is 16.2 Å². The van der Waals surface area contributed by atoms with Gasteiger partial charge < -0.3 is 14.7 Å². The van der Waals surface area contributed by atoms with Gasteiger partial charge in [0.15, 0.2) is 0 Å². The first-order valence-corrected chi connectivity index (χ1v) is 15.1. The van der Waals surface area contributed by atoms with Gasteiger partial charge in [-0.25, -0.2) is 19.7 Å². The molecule has 2 aliphatic rings. The van der Waals surface area contributed by atoms with E-state index in [4.69, 9.17) is 9.72 Å². The standard InChI is InChI=1S/C31H34N6O2S/c1-31(2,3)39-30(38)37-14-6-9-24(37)28-33-16-22(34-28)20-10-12-21-19(15-20)11-13-25-26(21)36-29(40-25)23-17-32-27(35-23)18-7-4-5-8-18/h10-13,15-18,24H,4-9,14H2,1-3H3,(H,32,35)(H,33,34)/t24-/m0/s1. The summed E-state index contributed by atoms with van der Waals surface area (Å²) < 4.78 is 6.80. The van der Waals surface area contributed by atoms with Crippen LogP contribution in [-0.2, 0) is 4.74 Å². The number of hydrogen-bond acceptors (Lipinski definition) is 6. The Labute approximate surface area is 237 Å². The minimum absolute atomic E-state index is 0.103. The van der Waals surface area contributed by atoms with E-state index in [9.17, 15) is 4.79 Å². The zero-order valence-corrected chi connectivity index (χ0v) is 24.0. The number of imidazole rings is 2. The molecule has 0 unspecified atom stereocenters. The monoisotopic (exact) mass is 554 g/mol. The second-order valence-electron chi connectivity index (χ2n) is 12.0. The first-order valence-electron chi connectivity index (χ1n) is 14.3. The fourth-order valence-electron chi connectivity index (χ4n) is 6.10. The third-order valence-corrected chi connectivity index (χ3v) is 9.10. The third kappa shape index (κ3) is 4.66. The maximum Gasteiger partial charge on any atom is 0.410 e. The number of ether oxygens (including phenoxy) is 1. The summed E-state index contributed by atoms with van der Waals surface area (Å²) in [7, 11) is 0. The predicted octanol–water partition coefficient (Wildman–Crippen LogP) is 7.96. The van der Waals surface area contributed by atoms with E-state index in [0.29, 0.717) is 12.5 Å². The number of nitrogens with one attached hydrogen (secondary N) is 2. The highest BCUT2D eigenvalue weighted by molar-refractivity contribution is 7.21. The molecule has 1 amide bonds. The molecule has 2 aromatic carbocycles. The van der Waals surface area contributed by atoms with Crippen molar-refractivity contribution < 1.29 is 9.53 Å². The maximum atomic E-state index is 12.8. The number of nitrogens with zero attached hydrogens (tertiary/aromatic N) is 4. The Bertz CT molecular complexity index is 1700. The number of thiazole rings is 1. The van der Waals surface area contributed by atoms with Gasteiger partial charge in [-0.1, -0.05) is 31.0 Å². The number of H-pyrrole nitrogens is 2. The molecule has 1 saturated carbocycles. The van der Waals surface area contributed by atoms with Crippen molar-refractivity contribution in [2.45, 2.75) is 76.9 Å². The first kappa shape index (κ1) is 25.3. The number of hydrogen-bond donors (Lipinski definition) is 2. The Kier molecular flexibility index (Phi) is 6.14. The summed E-state index contributed by atoms with van der Waals surface area (Å²) in [6, 6.07) is 10.7. The molecule has 0 spiro atoms. The summed E-state index contributed by atoms with van der Waals surface area (Å²) in [5.41, 5.74) is 3.49. The Morgan fingerprint density at radius 3 is 2.58 bits per heavy atom. The summed E-state index contributed by atoms with van der Waals surface area (Å²) in [5.74, 6) is 2.46. The Hall–Kier alpha value is -3.72. The highest BCUT2D eigenvalue weighted by Crippen LogP contribution is 2.38. The van der Waals surface area contributed by atoms with Crippen LogP contribution in [0.1, 0.15) is 82.9 Å². The Balaban J connectivity index is 1.15. The molecule has 4 heterocycles. The van der Waals surface area contributed by atoms with Crippen molar-refractivity contribution in [3.05, 3.63) is 54.4 Å². The van der Waals surface area contributed by atoms with Gasteiger partial charge in [0.25, 0.3) is 0 Å². The van der Waals surface area contributed by atoms with Crippen LogP contribution in [0.3, 0.4) is 0 Å². The molecule has 2 fully saturated rings. The van der Waals surface area contributed by atoms with Crippen molar-refractivity contribution in [1.29, 1.82) is 0 Å². The van der Waals surface area contributed by atoms with Crippen LogP contribution in [0.2, 0.25) is 0 Å². The van der Waals surface area contributed by atoms with Crippen molar-refractivity contribution >= 4 is 38.4 Å². The van der Waals surface area contributed by atoms with Crippen molar-refractivity contribution in [3.8, 4) is 22.0 Å². The number of benzene rings is 2. The second-order valence-corrected chi connectivity index (χ2v) is 13.1. The lowest BCUT2D eigenvalue weighted by Gasteiger charge is -2.27. The van der Waals surface area contributed by atoms with Crippen LogP contribution in [0, 0.1) is 0 Å². The van der Waals surface area contributed by atoms with Crippen molar-refractivity contribution in [3.63, 3.8) is 0 Å². The zero-order chi connectivity index (χ0) is 27.4. The van der Waals surface area contributed by atoms with Gasteiger partial charge in [-0.2, -0.15) is 0 Å². The van der Waals surface area contributed by atoms with E-state index in [1.807, 2.05) is 33.2 Å². The highest BCUT2D eigenvalue weighted by Gasteiger charge is 2.35. The summed E-state index contributed by atoms with van der Waals surface area (Å²) in [5, 5.41) is 3.24. The number of rotatable bonds is 4.